The van der Waals surface area contributed by atoms with Gasteiger partial charge in [-0.3, -0.25) is 4.79 Å². The van der Waals surface area contributed by atoms with Crippen molar-refractivity contribution in [3.05, 3.63) is 23.3 Å². The number of aryl methyl sites for hydroxylation is 1. The lowest BCUT2D eigenvalue weighted by molar-refractivity contribution is -0.134. The molecule has 0 fully saturated rings. The number of amides is 1. The van der Waals surface area contributed by atoms with E-state index in [9.17, 15) is 10.1 Å². The van der Waals surface area contributed by atoms with E-state index in [1.807, 2.05) is 19.9 Å². The summed E-state index contributed by atoms with van der Waals surface area (Å²) in [6.45, 7) is 6.76. The zero-order chi connectivity index (χ0) is 16.3. The molecule has 0 aromatic heterocycles. The zero-order valence-corrected chi connectivity index (χ0v) is 13.6. The highest BCUT2D eigenvalue weighted by Crippen LogP contribution is 2.40. The molecular weight excluding hydrogens is 280 g/mol. The number of carbonyl (C=O) groups excluding carboxylic acids is 1. The van der Waals surface area contributed by atoms with Crippen molar-refractivity contribution in [1.82, 2.24) is 0 Å². The van der Waals surface area contributed by atoms with Crippen LogP contribution in [0.15, 0.2) is 12.1 Å². The Morgan fingerprint density at radius 1 is 1.45 bits per heavy atom. The first-order valence-corrected chi connectivity index (χ1v) is 7.51. The summed E-state index contributed by atoms with van der Waals surface area (Å²) in [4.78, 5) is 14.6. The molecule has 0 bridgehead atoms. The van der Waals surface area contributed by atoms with E-state index >= 15 is 0 Å². The minimum absolute atomic E-state index is 0.0392. The normalized spacial score (nSPS) is 20.3. The van der Waals surface area contributed by atoms with Crippen molar-refractivity contribution in [1.29, 1.82) is 5.26 Å². The highest BCUT2D eigenvalue weighted by Gasteiger charge is 2.43. The largest absolute Gasteiger partial charge is 0.475 e. The summed E-state index contributed by atoms with van der Waals surface area (Å²) in [6, 6.07) is 5.75. The van der Waals surface area contributed by atoms with Gasteiger partial charge in [0.05, 0.1) is 17.3 Å². The number of ether oxygens (including phenoxy) is 2. The van der Waals surface area contributed by atoms with Crippen LogP contribution in [0.2, 0.25) is 0 Å². The summed E-state index contributed by atoms with van der Waals surface area (Å²) in [5, 5.41) is 9.20. The Labute approximate surface area is 131 Å². The van der Waals surface area contributed by atoms with Gasteiger partial charge in [-0.15, -0.1) is 0 Å². The number of nitrogens with zero attached hydrogens (tertiary/aromatic N) is 2. The first kappa shape index (κ1) is 16.3. The highest BCUT2D eigenvalue weighted by atomic mass is 16.5. The number of carbonyl (C=O) groups is 1. The van der Waals surface area contributed by atoms with Gasteiger partial charge in [0.2, 0.25) is 0 Å². The van der Waals surface area contributed by atoms with Crippen LogP contribution in [0.25, 0.3) is 0 Å². The predicted molar refractivity (Wildman–Crippen MR) is 84.1 cm³/mol. The van der Waals surface area contributed by atoms with Crippen LogP contribution in [0, 0.1) is 18.3 Å². The lowest BCUT2D eigenvalue weighted by atomic mass is 9.96. The molecule has 2 rings (SSSR count). The van der Waals surface area contributed by atoms with Crippen molar-refractivity contribution in [3.63, 3.8) is 0 Å². The Morgan fingerprint density at radius 3 is 2.77 bits per heavy atom. The van der Waals surface area contributed by atoms with Gasteiger partial charge in [-0.1, -0.05) is 6.92 Å². The molecule has 1 aromatic rings. The SMILES string of the molecule is CCC1(C)Oc2cc(C#N)c(C)cc2N(CCCOC)C1=O. The molecule has 1 aromatic carbocycles. The maximum Gasteiger partial charge on any atom is 0.270 e. The second-order valence-electron chi connectivity index (χ2n) is 5.74. The molecule has 0 saturated carbocycles. The number of methoxy groups -OCH3 is 1. The smallest absolute Gasteiger partial charge is 0.270 e. The highest BCUT2D eigenvalue weighted by molar-refractivity contribution is 6.02. The summed E-state index contributed by atoms with van der Waals surface area (Å²) in [7, 11) is 1.65. The number of hydrogen-bond acceptors (Lipinski definition) is 4. The molecule has 0 saturated heterocycles. The van der Waals surface area contributed by atoms with Crippen molar-refractivity contribution in [2.75, 3.05) is 25.2 Å². The number of anilines is 1. The molecule has 0 spiro atoms. The van der Waals surface area contributed by atoms with Crippen LogP contribution < -0.4 is 9.64 Å². The van der Waals surface area contributed by atoms with Gasteiger partial charge in [-0.2, -0.15) is 5.26 Å². The average Bonchev–Trinajstić information content (AvgIpc) is 2.51. The average molecular weight is 302 g/mol. The molecule has 0 N–H and O–H groups in total. The van der Waals surface area contributed by atoms with E-state index in [1.165, 1.54) is 0 Å². The third-order valence-corrected chi connectivity index (χ3v) is 4.15. The topological polar surface area (TPSA) is 62.6 Å². The Hall–Kier alpha value is -2.06. The van der Waals surface area contributed by atoms with E-state index in [0.29, 0.717) is 30.9 Å². The monoisotopic (exact) mass is 302 g/mol. The number of fused-ring (bicyclic) bond motifs is 1. The standard InChI is InChI=1S/C17H22N2O3/c1-5-17(3)16(20)19(7-6-8-21-4)14-9-12(2)13(11-18)10-15(14)22-17/h9-10H,5-8H2,1-4H3. The van der Waals surface area contributed by atoms with Gasteiger partial charge in [-0.05, 0) is 38.3 Å². The minimum Gasteiger partial charge on any atom is -0.475 e. The van der Waals surface area contributed by atoms with Gasteiger partial charge < -0.3 is 14.4 Å². The Balaban J connectivity index is 2.46. The van der Waals surface area contributed by atoms with E-state index in [-0.39, 0.29) is 5.91 Å². The fourth-order valence-electron chi connectivity index (χ4n) is 2.58. The molecular formula is C17H22N2O3. The molecule has 1 aliphatic rings. The maximum absolute atomic E-state index is 12.8. The van der Waals surface area contributed by atoms with Crippen LogP contribution in [-0.2, 0) is 9.53 Å². The Bertz CT molecular complexity index is 621. The fourth-order valence-corrected chi connectivity index (χ4v) is 2.58. The zero-order valence-electron chi connectivity index (χ0n) is 13.6. The summed E-state index contributed by atoms with van der Waals surface area (Å²) in [5.41, 5.74) is 1.27. The lowest BCUT2D eigenvalue weighted by Gasteiger charge is -2.40. The van der Waals surface area contributed by atoms with E-state index < -0.39 is 5.60 Å². The van der Waals surface area contributed by atoms with Crippen LogP contribution in [0.3, 0.4) is 0 Å². The minimum atomic E-state index is -0.887. The van der Waals surface area contributed by atoms with Crippen LogP contribution in [-0.4, -0.2) is 31.8 Å². The molecule has 5 nitrogen and oxygen atoms in total. The molecule has 1 heterocycles. The third kappa shape index (κ3) is 2.79. The molecule has 1 amide bonds. The van der Waals surface area contributed by atoms with E-state index in [0.717, 1.165) is 17.7 Å². The number of benzene rings is 1. The Kier molecular flexibility index (Phi) is 4.72. The number of hydrogen-bond donors (Lipinski definition) is 0. The lowest BCUT2D eigenvalue weighted by Crippen LogP contribution is -2.54. The van der Waals surface area contributed by atoms with Crippen LogP contribution in [0.4, 0.5) is 5.69 Å². The second-order valence-corrected chi connectivity index (χ2v) is 5.74. The quantitative estimate of drug-likeness (QED) is 0.785. The molecule has 0 aliphatic carbocycles. The summed E-state index contributed by atoms with van der Waals surface area (Å²) in [5.74, 6) is 0.561. The first-order chi connectivity index (χ1) is 10.5. The first-order valence-electron chi connectivity index (χ1n) is 7.51. The molecule has 0 radical (unpaired) electrons. The van der Waals surface area contributed by atoms with Crippen molar-refractivity contribution < 1.29 is 14.3 Å². The molecule has 118 valence electrons. The third-order valence-electron chi connectivity index (χ3n) is 4.15. The summed E-state index contributed by atoms with van der Waals surface area (Å²) in [6.07, 6.45) is 1.32. The molecule has 5 heteroatoms. The van der Waals surface area contributed by atoms with Crippen LogP contribution in [0.5, 0.6) is 5.75 Å². The van der Waals surface area contributed by atoms with Crippen molar-refractivity contribution in [2.24, 2.45) is 0 Å². The van der Waals surface area contributed by atoms with E-state index in [2.05, 4.69) is 6.07 Å². The van der Waals surface area contributed by atoms with E-state index in [4.69, 9.17) is 9.47 Å². The van der Waals surface area contributed by atoms with Gasteiger partial charge >= 0.3 is 0 Å². The number of rotatable bonds is 5. The molecule has 1 atom stereocenters. The van der Waals surface area contributed by atoms with Crippen molar-refractivity contribution in [3.8, 4) is 11.8 Å². The van der Waals surface area contributed by atoms with Gasteiger partial charge in [0, 0.05) is 26.3 Å². The van der Waals surface area contributed by atoms with Crippen LogP contribution >= 0.6 is 0 Å². The summed E-state index contributed by atoms with van der Waals surface area (Å²) >= 11 is 0. The Morgan fingerprint density at radius 2 is 2.18 bits per heavy atom. The molecule has 1 unspecified atom stereocenters. The van der Waals surface area contributed by atoms with Crippen molar-refractivity contribution >= 4 is 11.6 Å². The van der Waals surface area contributed by atoms with Gasteiger partial charge in [0.1, 0.15) is 5.75 Å². The van der Waals surface area contributed by atoms with Gasteiger partial charge in [0.15, 0.2) is 5.60 Å². The summed E-state index contributed by atoms with van der Waals surface area (Å²) < 4.78 is 11.0. The number of nitriles is 1. The van der Waals surface area contributed by atoms with Gasteiger partial charge in [0.25, 0.3) is 5.91 Å². The van der Waals surface area contributed by atoms with Crippen LogP contribution in [0.1, 0.15) is 37.8 Å². The van der Waals surface area contributed by atoms with E-state index in [1.54, 1.807) is 25.0 Å². The second kappa shape index (κ2) is 6.37. The fraction of sp³-hybridized carbons (Fsp3) is 0.529. The maximum atomic E-state index is 12.8. The van der Waals surface area contributed by atoms with Gasteiger partial charge in [-0.25, -0.2) is 0 Å². The molecule has 22 heavy (non-hydrogen) atoms. The predicted octanol–water partition coefficient (Wildman–Crippen LogP) is 2.80. The molecule has 1 aliphatic heterocycles. The van der Waals surface area contributed by atoms with Crippen molar-refractivity contribution in [2.45, 2.75) is 39.2 Å².